The zero-order valence-electron chi connectivity index (χ0n) is 12.4. The first-order chi connectivity index (χ1) is 9.99. The Bertz CT molecular complexity index is 682. The van der Waals surface area contributed by atoms with Crippen LogP contribution in [-0.2, 0) is 13.1 Å². The highest BCUT2D eigenvalue weighted by Gasteiger charge is 2.10. The monoisotopic (exact) mass is 306 g/mol. The van der Waals surface area contributed by atoms with Gasteiger partial charge in [0, 0.05) is 25.5 Å². The van der Waals surface area contributed by atoms with Crippen molar-refractivity contribution in [1.29, 1.82) is 0 Å². The zero-order valence-corrected chi connectivity index (χ0v) is 13.2. The molecule has 2 aromatic heterocycles. The Balaban J connectivity index is 2.17. The third-order valence-corrected chi connectivity index (χ3v) is 3.51. The molecule has 0 bridgehead atoms. The predicted octanol–water partition coefficient (Wildman–Crippen LogP) is 2.87. The average Bonchev–Trinajstić information content (AvgIpc) is 2.44. The van der Waals surface area contributed by atoms with Gasteiger partial charge < -0.3 is 5.32 Å². The summed E-state index contributed by atoms with van der Waals surface area (Å²) in [7, 11) is 0. The minimum atomic E-state index is -0.265. The first-order valence-electron chi connectivity index (χ1n) is 6.88. The molecule has 5 nitrogen and oxygen atoms in total. The molecule has 0 aliphatic heterocycles. The van der Waals surface area contributed by atoms with E-state index in [1.807, 2.05) is 26.8 Å². The van der Waals surface area contributed by atoms with E-state index in [-0.39, 0.29) is 10.6 Å². The zero-order chi connectivity index (χ0) is 15.4. The molecular formula is C15H19ClN4O. The van der Waals surface area contributed by atoms with E-state index in [0.717, 1.165) is 11.1 Å². The lowest BCUT2D eigenvalue weighted by Gasteiger charge is -2.12. The number of nitrogens with zero attached hydrogens (tertiary/aromatic N) is 3. The van der Waals surface area contributed by atoms with E-state index in [9.17, 15) is 4.79 Å². The smallest absolute Gasteiger partial charge is 0.287 e. The van der Waals surface area contributed by atoms with Gasteiger partial charge in [-0.1, -0.05) is 25.4 Å². The van der Waals surface area contributed by atoms with Gasteiger partial charge in [-0.15, -0.1) is 0 Å². The van der Waals surface area contributed by atoms with Gasteiger partial charge in [-0.25, -0.2) is 4.68 Å². The molecule has 0 amide bonds. The summed E-state index contributed by atoms with van der Waals surface area (Å²) in [4.78, 5) is 16.2. The number of hydrogen-bond acceptors (Lipinski definition) is 4. The molecule has 0 saturated carbocycles. The van der Waals surface area contributed by atoms with Crippen LogP contribution in [0.1, 0.15) is 25.0 Å². The molecule has 0 aromatic carbocycles. The van der Waals surface area contributed by atoms with Gasteiger partial charge >= 0.3 is 0 Å². The van der Waals surface area contributed by atoms with Gasteiger partial charge in [-0.05, 0) is 30.0 Å². The lowest BCUT2D eigenvalue weighted by molar-refractivity contribution is 0.464. The van der Waals surface area contributed by atoms with E-state index in [1.54, 1.807) is 18.6 Å². The highest BCUT2D eigenvalue weighted by atomic mass is 35.5. The van der Waals surface area contributed by atoms with Gasteiger partial charge in [-0.2, -0.15) is 5.10 Å². The van der Waals surface area contributed by atoms with Gasteiger partial charge in [0.25, 0.3) is 5.56 Å². The Morgan fingerprint density at radius 1 is 1.38 bits per heavy atom. The summed E-state index contributed by atoms with van der Waals surface area (Å²) >= 11 is 6.14. The number of halogens is 1. The van der Waals surface area contributed by atoms with Crippen LogP contribution in [0.4, 0.5) is 5.69 Å². The molecule has 2 heterocycles. The number of rotatable bonds is 5. The number of aryl methyl sites for hydroxylation is 1. The molecule has 6 heteroatoms. The molecule has 0 unspecified atom stereocenters. The van der Waals surface area contributed by atoms with Crippen LogP contribution >= 0.6 is 11.6 Å². The molecule has 112 valence electrons. The highest BCUT2D eigenvalue weighted by Crippen LogP contribution is 2.17. The predicted molar refractivity (Wildman–Crippen MR) is 84.6 cm³/mol. The summed E-state index contributed by atoms with van der Waals surface area (Å²) in [5.41, 5.74) is 2.47. The van der Waals surface area contributed by atoms with Crippen molar-refractivity contribution in [2.45, 2.75) is 33.9 Å². The molecule has 0 fully saturated rings. The van der Waals surface area contributed by atoms with Crippen molar-refractivity contribution in [3.05, 3.63) is 51.2 Å². The molecule has 21 heavy (non-hydrogen) atoms. The third-order valence-electron chi connectivity index (χ3n) is 3.14. The van der Waals surface area contributed by atoms with Gasteiger partial charge in [0.15, 0.2) is 0 Å². The number of pyridine rings is 1. The average molecular weight is 307 g/mol. The second kappa shape index (κ2) is 6.72. The Kier molecular flexibility index (Phi) is 4.96. The SMILES string of the molecule is Cc1ccncc1CNc1cnn(CC(C)C)c(=O)c1Cl. The normalized spacial score (nSPS) is 10.9. The maximum Gasteiger partial charge on any atom is 0.287 e. The van der Waals surface area contributed by atoms with Crippen LogP contribution in [0.3, 0.4) is 0 Å². The van der Waals surface area contributed by atoms with E-state index in [4.69, 9.17) is 11.6 Å². The minimum Gasteiger partial charge on any atom is -0.378 e. The number of hydrogen-bond donors (Lipinski definition) is 1. The van der Waals surface area contributed by atoms with Crippen LogP contribution in [0.25, 0.3) is 0 Å². The van der Waals surface area contributed by atoms with Crippen LogP contribution in [-0.4, -0.2) is 14.8 Å². The molecule has 1 N–H and O–H groups in total. The van der Waals surface area contributed by atoms with Crippen LogP contribution in [0, 0.1) is 12.8 Å². The lowest BCUT2D eigenvalue weighted by atomic mass is 10.1. The largest absolute Gasteiger partial charge is 0.378 e. The van der Waals surface area contributed by atoms with Crippen molar-refractivity contribution < 1.29 is 0 Å². The van der Waals surface area contributed by atoms with Crippen LogP contribution in [0.2, 0.25) is 5.02 Å². The lowest BCUT2D eigenvalue weighted by Crippen LogP contribution is -2.26. The Labute approximate surface area is 129 Å². The standard InChI is InChI=1S/C15H19ClN4O/c1-10(2)9-20-15(21)14(16)13(8-19-20)18-7-12-6-17-5-4-11(12)3/h4-6,8,10,18H,7,9H2,1-3H3. The fourth-order valence-corrected chi connectivity index (χ4v) is 2.15. The van der Waals surface area contributed by atoms with Gasteiger partial charge in [0.1, 0.15) is 5.02 Å². The summed E-state index contributed by atoms with van der Waals surface area (Å²) < 4.78 is 1.40. The second-order valence-electron chi connectivity index (χ2n) is 5.41. The van der Waals surface area contributed by atoms with E-state index in [0.29, 0.717) is 24.7 Å². The van der Waals surface area contributed by atoms with E-state index >= 15 is 0 Å². The number of aromatic nitrogens is 3. The molecular weight excluding hydrogens is 288 g/mol. The highest BCUT2D eigenvalue weighted by molar-refractivity contribution is 6.32. The minimum absolute atomic E-state index is 0.173. The van der Waals surface area contributed by atoms with Crippen molar-refractivity contribution in [3.8, 4) is 0 Å². The van der Waals surface area contributed by atoms with Gasteiger partial charge in [0.2, 0.25) is 0 Å². The maximum absolute atomic E-state index is 12.1. The molecule has 2 aromatic rings. The van der Waals surface area contributed by atoms with E-state index in [1.165, 1.54) is 4.68 Å². The Morgan fingerprint density at radius 2 is 2.14 bits per heavy atom. The van der Waals surface area contributed by atoms with Crippen LogP contribution in [0.15, 0.2) is 29.5 Å². The summed E-state index contributed by atoms with van der Waals surface area (Å²) in [5.74, 6) is 0.336. The molecule has 2 rings (SSSR count). The van der Waals surface area contributed by atoms with Crippen molar-refractivity contribution >= 4 is 17.3 Å². The summed E-state index contributed by atoms with van der Waals surface area (Å²) in [6, 6.07) is 1.94. The Hall–Kier alpha value is -1.88. The fourth-order valence-electron chi connectivity index (χ4n) is 1.94. The van der Waals surface area contributed by atoms with Crippen molar-refractivity contribution in [2.75, 3.05) is 5.32 Å². The van der Waals surface area contributed by atoms with Crippen LogP contribution in [0.5, 0.6) is 0 Å². The first-order valence-corrected chi connectivity index (χ1v) is 7.25. The molecule has 0 atom stereocenters. The molecule has 0 aliphatic rings. The maximum atomic E-state index is 12.1. The first kappa shape index (κ1) is 15.5. The van der Waals surface area contributed by atoms with Crippen molar-refractivity contribution in [2.24, 2.45) is 5.92 Å². The van der Waals surface area contributed by atoms with Crippen LogP contribution < -0.4 is 10.9 Å². The quantitative estimate of drug-likeness (QED) is 0.923. The van der Waals surface area contributed by atoms with Gasteiger partial charge in [-0.3, -0.25) is 9.78 Å². The number of anilines is 1. The summed E-state index contributed by atoms with van der Waals surface area (Å²) in [6.45, 7) is 7.17. The molecule has 0 radical (unpaired) electrons. The third kappa shape index (κ3) is 3.82. The van der Waals surface area contributed by atoms with E-state index in [2.05, 4.69) is 15.4 Å². The van der Waals surface area contributed by atoms with Crippen molar-refractivity contribution in [1.82, 2.24) is 14.8 Å². The second-order valence-corrected chi connectivity index (χ2v) is 5.79. The van der Waals surface area contributed by atoms with Gasteiger partial charge in [0.05, 0.1) is 11.9 Å². The summed E-state index contributed by atoms with van der Waals surface area (Å²) in [5, 5.41) is 7.47. The molecule has 0 spiro atoms. The molecule has 0 saturated heterocycles. The van der Waals surface area contributed by atoms with Crippen molar-refractivity contribution in [3.63, 3.8) is 0 Å². The number of nitrogens with one attached hydrogen (secondary N) is 1. The Morgan fingerprint density at radius 3 is 2.81 bits per heavy atom. The fraction of sp³-hybridized carbons (Fsp3) is 0.400. The topological polar surface area (TPSA) is 59.8 Å². The molecule has 0 aliphatic carbocycles. The summed E-state index contributed by atoms with van der Waals surface area (Å²) in [6.07, 6.45) is 5.14. The van der Waals surface area contributed by atoms with E-state index < -0.39 is 0 Å².